The van der Waals surface area contributed by atoms with E-state index in [0.29, 0.717) is 25.8 Å². The van der Waals surface area contributed by atoms with E-state index in [1.54, 1.807) is 6.08 Å². The molecule has 1 aromatic carbocycles. The minimum absolute atomic E-state index is 0.203. The van der Waals surface area contributed by atoms with Gasteiger partial charge in [0.25, 0.3) is 0 Å². The molecule has 0 bridgehead atoms. The molecule has 0 aliphatic heterocycles. The van der Waals surface area contributed by atoms with Gasteiger partial charge in [0.1, 0.15) is 0 Å². The number of aliphatic carboxylic acids is 1. The van der Waals surface area contributed by atoms with Crippen molar-refractivity contribution in [2.45, 2.75) is 26.2 Å². The van der Waals surface area contributed by atoms with E-state index < -0.39 is 17.8 Å². The predicted molar refractivity (Wildman–Crippen MR) is 90.1 cm³/mol. The van der Waals surface area contributed by atoms with Crippen LogP contribution in [-0.2, 0) is 16.0 Å². The van der Waals surface area contributed by atoms with Gasteiger partial charge >= 0.3 is 0 Å². The van der Waals surface area contributed by atoms with Crippen molar-refractivity contribution >= 4 is 22.8 Å². The maximum atomic E-state index is 12.3. The average molecular weight is 325 g/mol. The molecule has 1 aromatic heterocycles. The second kappa shape index (κ2) is 6.91. The highest BCUT2D eigenvalue weighted by Crippen LogP contribution is 2.26. The standard InChI is InChI=1S/C19H22N2O3/c1-12-13(14-6-4-5-9-17(14)21-12)10-11-20-18(22)15-7-2-3-8-16(15)19(23)24/h2-6,9,15-16,21H,7-8,10-11H2,1H3,(H,20,22)(H,23,24)/p-1. The van der Waals surface area contributed by atoms with E-state index in [2.05, 4.69) is 16.4 Å². The number of carbonyl (C=O) groups is 2. The summed E-state index contributed by atoms with van der Waals surface area (Å²) < 4.78 is 0. The van der Waals surface area contributed by atoms with Gasteiger partial charge in [0.15, 0.2) is 0 Å². The number of fused-ring (bicyclic) bond motifs is 1. The van der Waals surface area contributed by atoms with Crippen molar-refractivity contribution in [3.8, 4) is 0 Å². The number of benzene rings is 1. The monoisotopic (exact) mass is 325 g/mol. The Hall–Kier alpha value is -2.56. The maximum absolute atomic E-state index is 12.3. The van der Waals surface area contributed by atoms with Gasteiger partial charge in [0.2, 0.25) is 5.91 Å². The van der Waals surface area contributed by atoms with Crippen LogP contribution in [0.3, 0.4) is 0 Å². The molecule has 1 amide bonds. The third-order valence-corrected chi connectivity index (χ3v) is 4.77. The minimum atomic E-state index is -1.15. The lowest BCUT2D eigenvalue weighted by Crippen LogP contribution is -2.44. The third kappa shape index (κ3) is 3.20. The molecule has 5 heteroatoms. The number of H-pyrrole nitrogens is 1. The van der Waals surface area contributed by atoms with Crippen LogP contribution in [-0.4, -0.2) is 23.4 Å². The van der Waals surface area contributed by atoms with E-state index in [4.69, 9.17) is 0 Å². The van der Waals surface area contributed by atoms with Crippen LogP contribution in [0.1, 0.15) is 24.1 Å². The molecule has 1 aliphatic carbocycles. The van der Waals surface area contributed by atoms with Crippen LogP contribution < -0.4 is 10.4 Å². The molecule has 2 atom stereocenters. The summed E-state index contributed by atoms with van der Waals surface area (Å²) in [5.41, 5.74) is 3.37. The number of allylic oxidation sites excluding steroid dienone is 2. The number of aryl methyl sites for hydroxylation is 1. The van der Waals surface area contributed by atoms with Gasteiger partial charge in [-0.25, -0.2) is 0 Å². The van der Waals surface area contributed by atoms with Gasteiger partial charge < -0.3 is 20.2 Å². The number of hydrogen-bond donors (Lipinski definition) is 2. The lowest BCUT2D eigenvalue weighted by Gasteiger charge is -2.28. The Bertz CT molecular complexity index is 791. The van der Waals surface area contributed by atoms with Gasteiger partial charge in [-0.05, 0) is 37.8 Å². The lowest BCUT2D eigenvalue weighted by atomic mass is 9.82. The molecule has 2 unspecified atom stereocenters. The predicted octanol–water partition coefficient (Wildman–Crippen LogP) is 1.47. The van der Waals surface area contributed by atoms with Crippen molar-refractivity contribution in [3.63, 3.8) is 0 Å². The number of aromatic amines is 1. The first-order valence-electron chi connectivity index (χ1n) is 8.27. The molecule has 1 heterocycles. The van der Waals surface area contributed by atoms with E-state index in [9.17, 15) is 14.7 Å². The number of carbonyl (C=O) groups excluding carboxylic acids is 2. The largest absolute Gasteiger partial charge is 0.550 e. The second-order valence-electron chi connectivity index (χ2n) is 6.29. The van der Waals surface area contributed by atoms with E-state index >= 15 is 0 Å². The van der Waals surface area contributed by atoms with Gasteiger partial charge in [-0.3, -0.25) is 4.79 Å². The Balaban J connectivity index is 1.63. The molecule has 2 N–H and O–H groups in total. The summed E-state index contributed by atoms with van der Waals surface area (Å²) in [6.07, 6.45) is 5.20. The Morgan fingerprint density at radius 2 is 1.92 bits per heavy atom. The fourth-order valence-electron chi connectivity index (χ4n) is 3.46. The van der Waals surface area contributed by atoms with Crippen LogP contribution in [0, 0.1) is 18.8 Å². The van der Waals surface area contributed by atoms with Crippen molar-refractivity contribution < 1.29 is 14.7 Å². The van der Waals surface area contributed by atoms with Crippen molar-refractivity contribution in [2.75, 3.05) is 6.54 Å². The molecule has 0 saturated carbocycles. The molecule has 5 nitrogen and oxygen atoms in total. The van der Waals surface area contributed by atoms with Crippen LogP contribution >= 0.6 is 0 Å². The number of rotatable bonds is 5. The van der Waals surface area contributed by atoms with Crippen LogP contribution in [0.2, 0.25) is 0 Å². The quantitative estimate of drug-likeness (QED) is 0.816. The Morgan fingerprint density at radius 3 is 2.67 bits per heavy atom. The molecular formula is C19H21N2O3-. The number of nitrogens with one attached hydrogen (secondary N) is 2. The first-order valence-corrected chi connectivity index (χ1v) is 8.27. The van der Waals surface area contributed by atoms with Crippen molar-refractivity contribution in [1.29, 1.82) is 0 Å². The average Bonchev–Trinajstić information content (AvgIpc) is 2.90. The Labute approximate surface area is 140 Å². The van der Waals surface area contributed by atoms with E-state index in [1.807, 2.05) is 31.2 Å². The van der Waals surface area contributed by atoms with Crippen LogP contribution in [0.4, 0.5) is 0 Å². The fraction of sp³-hybridized carbons (Fsp3) is 0.368. The molecule has 3 rings (SSSR count). The maximum Gasteiger partial charge on any atom is 0.224 e. The number of aromatic nitrogens is 1. The summed E-state index contributed by atoms with van der Waals surface area (Å²) in [4.78, 5) is 26.9. The van der Waals surface area contributed by atoms with Crippen LogP contribution in [0.25, 0.3) is 10.9 Å². The number of carboxylic acids is 1. The molecular weight excluding hydrogens is 304 g/mol. The van der Waals surface area contributed by atoms with Gasteiger partial charge in [-0.2, -0.15) is 0 Å². The summed E-state index contributed by atoms with van der Waals surface area (Å²) >= 11 is 0. The highest BCUT2D eigenvalue weighted by molar-refractivity contribution is 5.86. The van der Waals surface area contributed by atoms with Crippen molar-refractivity contribution in [3.05, 3.63) is 47.7 Å². The van der Waals surface area contributed by atoms with Crippen molar-refractivity contribution in [1.82, 2.24) is 10.3 Å². The van der Waals surface area contributed by atoms with Gasteiger partial charge in [0, 0.05) is 40.9 Å². The highest BCUT2D eigenvalue weighted by Gasteiger charge is 2.29. The summed E-state index contributed by atoms with van der Waals surface area (Å²) in [6.45, 7) is 2.51. The number of carboxylic acid groups (broad SMARTS) is 1. The molecule has 126 valence electrons. The van der Waals surface area contributed by atoms with Gasteiger partial charge in [-0.1, -0.05) is 30.4 Å². The zero-order valence-corrected chi connectivity index (χ0v) is 13.7. The lowest BCUT2D eigenvalue weighted by molar-refractivity contribution is -0.313. The third-order valence-electron chi connectivity index (χ3n) is 4.77. The normalized spacial score (nSPS) is 20.2. The molecule has 0 fully saturated rings. The van der Waals surface area contributed by atoms with Crippen molar-refractivity contribution in [2.24, 2.45) is 11.8 Å². The highest BCUT2D eigenvalue weighted by atomic mass is 16.4. The minimum Gasteiger partial charge on any atom is -0.550 e. The first kappa shape index (κ1) is 16.3. The topological polar surface area (TPSA) is 85.0 Å². The second-order valence-corrected chi connectivity index (χ2v) is 6.29. The van der Waals surface area contributed by atoms with Gasteiger partial charge in [-0.15, -0.1) is 0 Å². The van der Waals surface area contributed by atoms with Gasteiger partial charge in [0.05, 0.1) is 0 Å². The first-order chi connectivity index (χ1) is 11.6. The number of para-hydroxylation sites is 1. The zero-order valence-electron chi connectivity index (χ0n) is 13.7. The Morgan fingerprint density at radius 1 is 1.21 bits per heavy atom. The summed E-state index contributed by atoms with van der Waals surface area (Å²) in [7, 11) is 0. The van der Waals surface area contributed by atoms with E-state index in [0.717, 1.165) is 16.6 Å². The zero-order chi connectivity index (χ0) is 17.1. The Kier molecular flexibility index (Phi) is 4.69. The van der Waals surface area contributed by atoms with Crippen LogP contribution in [0.5, 0.6) is 0 Å². The summed E-state index contributed by atoms with van der Waals surface area (Å²) in [6, 6.07) is 8.08. The smallest absolute Gasteiger partial charge is 0.224 e. The van der Waals surface area contributed by atoms with E-state index in [-0.39, 0.29) is 5.91 Å². The van der Waals surface area contributed by atoms with Crippen LogP contribution in [0.15, 0.2) is 36.4 Å². The summed E-state index contributed by atoms with van der Waals surface area (Å²) in [5, 5.41) is 15.2. The molecule has 24 heavy (non-hydrogen) atoms. The molecule has 2 aromatic rings. The number of amides is 1. The number of hydrogen-bond acceptors (Lipinski definition) is 3. The molecule has 0 spiro atoms. The molecule has 0 radical (unpaired) electrons. The molecule has 0 saturated heterocycles. The van der Waals surface area contributed by atoms with E-state index in [1.165, 1.54) is 5.56 Å². The SMILES string of the molecule is Cc1[nH]c2ccccc2c1CCNC(=O)C1CC=CCC1C(=O)[O-]. The summed E-state index contributed by atoms with van der Waals surface area (Å²) in [5.74, 6) is -2.62. The fourth-order valence-corrected chi connectivity index (χ4v) is 3.46. The molecule has 1 aliphatic rings.